The third kappa shape index (κ3) is 3.29. The molecule has 1 heterocycles. The third-order valence-corrected chi connectivity index (χ3v) is 4.23. The summed E-state index contributed by atoms with van der Waals surface area (Å²) in [5.74, 6) is -0.00137. The second kappa shape index (κ2) is 6.29. The molecule has 0 saturated carbocycles. The van der Waals surface area contributed by atoms with E-state index >= 15 is 0 Å². The number of nitrogens with one attached hydrogen (secondary N) is 2. The number of hydrogen-bond acceptors (Lipinski definition) is 1. The lowest BCUT2D eigenvalue weighted by Gasteiger charge is -2.08. The van der Waals surface area contributed by atoms with Gasteiger partial charge in [-0.3, -0.25) is 4.79 Å². The normalized spacial score (nSPS) is 10.9. The van der Waals surface area contributed by atoms with Crippen LogP contribution in [0.2, 0.25) is 0 Å². The molecule has 3 rings (SSSR count). The Bertz CT molecular complexity index is 861. The van der Waals surface area contributed by atoms with E-state index < -0.39 is 0 Å². The number of aryl methyl sites for hydroxylation is 3. The summed E-state index contributed by atoms with van der Waals surface area (Å²) in [4.78, 5) is 15.6. The summed E-state index contributed by atoms with van der Waals surface area (Å²) in [7, 11) is 0. The van der Waals surface area contributed by atoms with Crippen molar-refractivity contribution in [2.45, 2.75) is 27.2 Å². The first-order valence-corrected chi connectivity index (χ1v) is 7.96. The fraction of sp³-hybridized carbons (Fsp3) is 0.250. The van der Waals surface area contributed by atoms with Crippen molar-refractivity contribution in [1.29, 1.82) is 0 Å². The molecule has 3 heteroatoms. The van der Waals surface area contributed by atoms with E-state index in [4.69, 9.17) is 0 Å². The summed E-state index contributed by atoms with van der Waals surface area (Å²) in [6.45, 7) is 6.74. The zero-order chi connectivity index (χ0) is 16.4. The van der Waals surface area contributed by atoms with E-state index in [1.807, 2.05) is 38.2 Å². The molecule has 23 heavy (non-hydrogen) atoms. The topological polar surface area (TPSA) is 44.9 Å². The van der Waals surface area contributed by atoms with E-state index in [0.717, 1.165) is 23.1 Å². The number of aromatic amines is 1. The molecule has 3 nitrogen and oxygen atoms in total. The second-order valence-corrected chi connectivity index (χ2v) is 6.19. The van der Waals surface area contributed by atoms with E-state index in [1.54, 1.807) is 0 Å². The van der Waals surface area contributed by atoms with Crippen molar-refractivity contribution in [3.63, 3.8) is 0 Å². The van der Waals surface area contributed by atoms with Gasteiger partial charge in [0.05, 0.1) is 0 Å². The maximum atomic E-state index is 12.3. The molecule has 0 bridgehead atoms. The molecule has 0 spiro atoms. The van der Waals surface area contributed by atoms with Crippen LogP contribution < -0.4 is 5.32 Å². The fourth-order valence-corrected chi connectivity index (χ4v) is 2.97. The van der Waals surface area contributed by atoms with Gasteiger partial charge in [-0.1, -0.05) is 29.3 Å². The minimum absolute atomic E-state index is 0.00137. The Morgan fingerprint density at radius 3 is 2.57 bits per heavy atom. The van der Waals surface area contributed by atoms with Gasteiger partial charge in [0.1, 0.15) is 0 Å². The van der Waals surface area contributed by atoms with Crippen LogP contribution in [0.1, 0.15) is 32.6 Å². The van der Waals surface area contributed by atoms with Gasteiger partial charge >= 0.3 is 0 Å². The van der Waals surface area contributed by atoms with Crippen molar-refractivity contribution >= 4 is 16.8 Å². The Kier molecular flexibility index (Phi) is 4.20. The molecule has 0 aliphatic rings. The van der Waals surface area contributed by atoms with Crippen LogP contribution in [0.3, 0.4) is 0 Å². The van der Waals surface area contributed by atoms with Crippen LogP contribution in [0.4, 0.5) is 0 Å². The van der Waals surface area contributed by atoms with Crippen LogP contribution in [0.25, 0.3) is 10.9 Å². The molecule has 1 aromatic heterocycles. The second-order valence-electron chi connectivity index (χ2n) is 6.19. The fourth-order valence-electron chi connectivity index (χ4n) is 2.97. The average molecular weight is 306 g/mol. The Morgan fingerprint density at radius 1 is 1.04 bits per heavy atom. The molecule has 0 aliphatic heterocycles. The molecule has 0 unspecified atom stereocenters. The molecular weight excluding hydrogens is 284 g/mol. The Morgan fingerprint density at radius 2 is 1.78 bits per heavy atom. The highest BCUT2D eigenvalue weighted by Crippen LogP contribution is 2.20. The molecule has 0 atom stereocenters. The lowest BCUT2D eigenvalue weighted by Crippen LogP contribution is -2.26. The largest absolute Gasteiger partial charge is 0.361 e. The molecule has 3 aromatic rings. The lowest BCUT2D eigenvalue weighted by molar-refractivity contribution is 0.0953. The van der Waals surface area contributed by atoms with Crippen molar-refractivity contribution in [2.24, 2.45) is 0 Å². The molecule has 2 aromatic carbocycles. The van der Waals surface area contributed by atoms with Crippen molar-refractivity contribution in [3.8, 4) is 0 Å². The summed E-state index contributed by atoms with van der Waals surface area (Å²) in [6, 6.07) is 12.3. The molecular formula is C20H22N2O. The lowest BCUT2D eigenvalue weighted by atomic mass is 10.0. The summed E-state index contributed by atoms with van der Waals surface area (Å²) in [6.07, 6.45) is 2.85. The van der Waals surface area contributed by atoms with Crippen molar-refractivity contribution < 1.29 is 4.79 Å². The molecule has 118 valence electrons. The van der Waals surface area contributed by atoms with Crippen molar-refractivity contribution in [2.75, 3.05) is 6.54 Å². The number of carbonyl (C=O) groups is 1. The SMILES string of the molecule is Cc1ccc(C(=O)NCCc2c[nH]c3ccc(C)cc23)c(C)c1. The zero-order valence-corrected chi connectivity index (χ0v) is 13.9. The van der Waals surface area contributed by atoms with E-state index in [2.05, 4.69) is 35.4 Å². The highest BCUT2D eigenvalue weighted by Gasteiger charge is 2.09. The van der Waals surface area contributed by atoms with E-state index in [9.17, 15) is 4.79 Å². The van der Waals surface area contributed by atoms with E-state index in [1.165, 1.54) is 22.1 Å². The first-order valence-electron chi connectivity index (χ1n) is 7.96. The predicted molar refractivity (Wildman–Crippen MR) is 95.0 cm³/mol. The van der Waals surface area contributed by atoms with Gasteiger partial charge in [0.25, 0.3) is 5.91 Å². The summed E-state index contributed by atoms with van der Waals surface area (Å²) in [5, 5.41) is 4.27. The van der Waals surface area contributed by atoms with Gasteiger partial charge in [-0.15, -0.1) is 0 Å². The van der Waals surface area contributed by atoms with E-state index in [-0.39, 0.29) is 5.91 Å². The first kappa shape index (κ1) is 15.3. The smallest absolute Gasteiger partial charge is 0.251 e. The van der Waals surface area contributed by atoms with Crippen molar-refractivity contribution in [3.05, 3.63) is 70.4 Å². The van der Waals surface area contributed by atoms with E-state index in [0.29, 0.717) is 6.54 Å². The molecule has 2 N–H and O–H groups in total. The number of fused-ring (bicyclic) bond motifs is 1. The molecule has 0 aliphatic carbocycles. The molecule has 0 saturated heterocycles. The van der Waals surface area contributed by atoms with Gasteiger partial charge in [-0.05, 0) is 56.5 Å². The highest BCUT2D eigenvalue weighted by atomic mass is 16.1. The first-order chi connectivity index (χ1) is 11.0. The number of carbonyl (C=O) groups excluding carboxylic acids is 1. The van der Waals surface area contributed by atoms with Crippen LogP contribution in [-0.4, -0.2) is 17.4 Å². The number of aromatic nitrogens is 1. The summed E-state index contributed by atoms with van der Waals surface area (Å²) in [5.41, 5.74) is 6.58. The van der Waals surface area contributed by atoms with Gasteiger partial charge in [-0.2, -0.15) is 0 Å². The van der Waals surface area contributed by atoms with Crippen molar-refractivity contribution in [1.82, 2.24) is 10.3 Å². The van der Waals surface area contributed by atoms with Gasteiger partial charge in [0.15, 0.2) is 0 Å². The molecule has 0 radical (unpaired) electrons. The molecule has 1 amide bonds. The van der Waals surface area contributed by atoms with Gasteiger partial charge in [0.2, 0.25) is 0 Å². The minimum Gasteiger partial charge on any atom is -0.361 e. The number of H-pyrrole nitrogens is 1. The third-order valence-electron chi connectivity index (χ3n) is 4.23. The predicted octanol–water partition coefficient (Wildman–Crippen LogP) is 4.07. The van der Waals surface area contributed by atoms with Crippen LogP contribution >= 0.6 is 0 Å². The summed E-state index contributed by atoms with van der Waals surface area (Å²) >= 11 is 0. The monoisotopic (exact) mass is 306 g/mol. The van der Waals surface area contributed by atoms with Gasteiger partial charge in [-0.25, -0.2) is 0 Å². The Labute approximate surface area is 136 Å². The highest BCUT2D eigenvalue weighted by molar-refractivity contribution is 5.95. The van der Waals surface area contributed by atoms with Crippen LogP contribution in [-0.2, 0) is 6.42 Å². The van der Waals surface area contributed by atoms with Crippen LogP contribution in [0.5, 0.6) is 0 Å². The number of rotatable bonds is 4. The standard InChI is InChI=1S/C20H22N2O/c1-13-4-6-17(15(3)10-13)20(23)21-9-8-16-12-22-19-7-5-14(2)11-18(16)19/h4-7,10-12,22H,8-9H2,1-3H3,(H,21,23). The summed E-state index contributed by atoms with van der Waals surface area (Å²) < 4.78 is 0. The maximum absolute atomic E-state index is 12.3. The number of hydrogen-bond donors (Lipinski definition) is 2. The number of amides is 1. The van der Waals surface area contributed by atoms with Gasteiger partial charge in [0, 0.05) is 29.2 Å². The average Bonchev–Trinajstić information content (AvgIpc) is 2.89. The van der Waals surface area contributed by atoms with Crippen LogP contribution in [0, 0.1) is 20.8 Å². The quantitative estimate of drug-likeness (QED) is 0.750. The minimum atomic E-state index is -0.00137. The Hall–Kier alpha value is -2.55. The van der Waals surface area contributed by atoms with Crippen LogP contribution in [0.15, 0.2) is 42.6 Å². The zero-order valence-electron chi connectivity index (χ0n) is 13.9. The maximum Gasteiger partial charge on any atom is 0.251 e. The number of benzene rings is 2. The van der Waals surface area contributed by atoms with Gasteiger partial charge < -0.3 is 10.3 Å². The Balaban J connectivity index is 1.66. The molecule has 0 fully saturated rings.